The second-order valence-electron chi connectivity index (χ2n) is 5.60. The molecule has 3 aromatic rings. The van der Waals surface area contributed by atoms with E-state index in [2.05, 4.69) is 15.3 Å². The van der Waals surface area contributed by atoms with Crippen LogP contribution in [0.2, 0.25) is 0 Å². The molecule has 0 atom stereocenters. The van der Waals surface area contributed by atoms with Gasteiger partial charge >= 0.3 is 0 Å². The molecule has 1 N–H and O–H groups in total. The van der Waals surface area contributed by atoms with Crippen LogP contribution >= 0.6 is 0 Å². The highest BCUT2D eigenvalue weighted by Gasteiger charge is 2.14. The third-order valence-electron chi connectivity index (χ3n) is 3.58. The van der Waals surface area contributed by atoms with Gasteiger partial charge in [-0.05, 0) is 49.7 Å². The molecule has 7 heteroatoms. The monoisotopic (exact) mass is 359 g/mol. The molecular formula is C19H16F3N3O. The standard InChI is InChI=1S/C19H16F3N3O/c1-3-26-16-8-12(20)4-5-13(16)14-9-18(23-10-15(14)21)25-19-7-11(2)6-17(22)24-19/h4-10H,3H2,1-2H3,(H,23,24,25). The molecule has 0 spiro atoms. The van der Waals surface area contributed by atoms with Gasteiger partial charge in [-0.3, -0.25) is 0 Å². The van der Waals surface area contributed by atoms with E-state index in [1.54, 1.807) is 19.9 Å². The zero-order valence-electron chi connectivity index (χ0n) is 14.2. The van der Waals surface area contributed by atoms with Gasteiger partial charge in [0.05, 0.1) is 12.8 Å². The van der Waals surface area contributed by atoms with E-state index in [1.807, 2.05) is 0 Å². The van der Waals surface area contributed by atoms with E-state index in [0.29, 0.717) is 17.7 Å². The van der Waals surface area contributed by atoms with Gasteiger partial charge in [0.2, 0.25) is 5.95 Å². The molecule has 4 nitrogen and oxygen atoms in total. The van der Waals surface area contributed by atoms with Crippen LogP contribution in [0.25, 0.3) is 11.1 Å². The second-order valence-corrected chi connectivity index (χ2v) is 5.60. The number of pyridine rings is 2. The Bertz CT molecular complexity index is 927. The first-order chi connectivity index (χ1) is 12.5. The molecule has 0 bridgehead atoms. The zero-order valence-corrected chi connectivity index (χ0v) is 14.2. The van der Waals surface area contributed by atoms with Crippen molar-refractivity contribution in [3.8, 4) is 16.9 Å². The average molecular weight is 359 g/mol. The number of anilines is 2. The highest BCUT2D eigenvalue weighted by molar-refractivity contribution is 5.73. The summed E-state index contributed by atoms with van der Waals surface area (Å²) in [5.41, 5.74) is 1.25. The van der Waals surface area contributed by atoms with Gasteiger partial charge in [0.25, 0.3) is 0 Å². The molecule has 0 amide bonds. The predicted octanol–water partition coefficient (Wildman–Crippen LogP) is 5.01. The van der Waals surface area contributed by atoms with Gasteiger partial charge in [0.1, 0.15) is 29.0 Å². The number of halogens is 3. The summed E-state index contributed by atoms with van der Waals surface area (Å²) in [5, 5.41) is 2.84. The smallest absolute Gasteiger partial charge is 0.215 e. The number of aryl methyl sites for hydroxylation is 1. The highest BCUT2D eigenvalue weighted by atomic mass is 19.1. The molecule has 0 radical (unpaired) electrons. The lowest BCUT2D eigenvalue weighted by Gasteiger charge is -2.13. The van der Waals surface area contributed by atoms with Crippen LogP contribution in [0.3, 0.4) is 0 Å². The van der Waals surface area contributed by atoms with E-state index in [-0.39, 0.29) is 22.9 Å². The normalized spacial score (nSPS) is 10.7. The van der Waals surface area contributed by atoms with Crippen molar-refractivity contribution in [3.63, 3.8) is 0 Å². The van der Waals surface area contributed by atoms with E-state index in [1.165, 1.54) is 30.3 Å². The summed E-state index contributed by atoms with van der Waals surface area (Å²) < 4.78 is 46.7. The summed E-state index contributed by atoms with van der Waals surface area (Å²) in [5.74, 6) is -0.964. The number of ether oxygens (including phenoxy) is 1. The van der Waals surface area contributed by atoms with Crippen LogP contribution in [0.5, 0.6) is 5.75 Å². The van der Waals surface area contributed by atoms with Crippen LogP contribution in [0.15, 0.2) is 42.6 Å². The van der Waals surface area contributed by atoms with Crippen molar-refractivity contribution in [1.82, 2.24) is 9.97 Å². The quantitative estimate of drug-likeness (QED) is 0.651. The van der Waals surface area contributed by atoms with Crippen LogP contribution in [-0.4, -0.2) is 16.6 Å². The van der Waals surface area contributed by atoms with Crippen molar-refractivity contribution in [2.45, 2.75) is 13.8 Å². The number of hydrogen-bond donors (Lipinski definition) is 1. The lowest BCUT2D eigenvalue weighted by atomic mass is 10.0. The van der Waals surface area contributed by atoms with Crippen molar-refractivity contribution >= 4 is 11.6 Å². The van der Waals surface area contributed by atoms with E-state index in [4.69, 9.17) is 4.74 Å². The first-order valence-electron chi connectivity index (χ1n) is 7.95. The largest absolute Gasteiger partial charge is 0.493 e. The van der Waals surface area contributed by atoms with Crippen LogP contribution in [0.1, 0.15) is 12.5 Å². The van der Waals surface area contributed by atoms with Crippen molar-refractivity contribution < 1.29 is 17.9 Å². The minimum Gasteiger partial charge on any atom is -0.493 e. The number of nitrogens with zero attached hydrogens (tertiary/aromatic N) is 2. The Labute approximate surface area is 148 Å². The van der Waals surface area contributed by atoms with Crippen LogP contribution in [-0.2, 0) is 0 Å². The summed E-state index contributed by atoms with van der Waals surface area (Å²) in [7, 11) is 0. The Morgan fingerprint density at radius 3 is 2.54 bits per heavy atom. The maximum Gasteiger partial charge on any atom is 0.215 e. The third-order valence-corrected chi connectivity index (χ3v) is 3.58. The van der Waals surface area contributed by atoms with E-state index < -0.39 is 17.6 Å². The average Bonchev–Trinajstić information content (AvgIpc) is 2.56. The van der Waals surface area contributed by atoms with Gasteiger partial charge in [0.15, 0.2) is 0 Å². The Hall–Kier alpha value is -3.09. The first-order valence-corrected chi connectivity index (χ1v) is 7.95. The number of nitrogens with one attached hydrogen (secondary N) is 1. The van der Waals surface area contributed by atoms with Gasteiger partial charge in [-0.25, -0.2) is 18.7 Å². The fourth-order valence-corrected chi connectivity index (χ4v) is 2.53. The second kappa shape index (κ2) is 7.43. The number of aromatic nitrogens is 2. The molecule has 0 aliphatic rings. The Morgan fingerprint density at radius 2 is 1.81 bits per heavy atom. The number of hydrogen-bond acceptors (Lipinski definition) is 4. The van der Waals surface area contributed by atoms with Gasteiger partial charge in [-0.2, -0.15) is 4.39 Å². The molecular weight excluding hydrogens is 343 g/mol. The molecule has 2 aromatic heterocycles. The molecule has 0 saturated heterocycles. The molecule has 0 fully saturated rings. The first kappa shape index (κ1) is 17.7. The van der Waals surface area contributed by atoms with E-state index in [0.717, 1.165) is 6.20 Å². The lowest BCUT2D eigenvalue weighted by Crippen LogP contribution is -2.01. The van der Waals surface area contributed by atoms with Crippen LogP contribution in [0, 0.1) is 24.5 Å². The van der Waals surface area contributed by atoms with Gasteiger partial charge in [-0.15, -0.1) is 0 Å². The molecule has 1 aromatic carbocycles. The van der Waals surface area contributed by atoms with Crippen LogP contribution < -0.4 is 10.1 Å². The number of rotatable bonds is 5. The maximum absolute atomic E-state index is 14.3. The summed E-state index contributed by atoms with van der Waals surface area (Å²) in [6.45, 7) is 3.79. The third kappa shape index (κ3) is 3.93. The Morgan fingerprint density at radius 1 is 1.00 bits per heavy atom. The minimum atomic E-state index is -0.632. The maximum atomic E-state index is 14.3. The minimum absolute atomic E-state index is 0.180. The molecule has 2 heterocycles. The van der Waals surface area contributed by atoms with Gasteiger partial charge < -0.3 is 10.1 Å². The number of benzene rings is 1. The van der Waals surface area contributed by atoms with Gasteiger partial charge in [-0.1, -0.05) is 0 Å². The van der Waals surface area contributed by atoms with E-state index in [9.17, 15) is 13.2 Å². The summed E-state index contributed by atoms with van der Waals surface area (Å²) in [4.78, 5) is 7.68. The topological polar surface area (TPSA) is 47.0 Å². The summed E-state index contributed by atoms with van der Waals surface area (Å²) >= 11 is 0. The zero-order chi connectivity index (χ0) is 18.7. The van der Waals surface area contributed by atoms with Gasteiger partial charge in [0, 0.05) is 17.2 Å². The summed E-state index contributed by atoms with van der Waals surface area (Å²) in [6.07, 6.45) is 1.03. The SMILES string of the molecule is CCOc1cc(F)ccc1-c1cc(Nc2cc(C)cc(F)n2)ncc1F. The molecule has 134 valence electrons. The molecule has 0 saturated carbocycles. The van der Waals surface area contributed by atoms with Crippen molar-refractivity contribution in [2.75, 3.05) is 11.9 Å². The Kier molecular flexibility index (Phi) is 5.06. The molecule has 0 unspecified atom stereocenters. The molecule has 3 rings (SSSR count). The fraction of sp³-hybridized carbons (Fsp3) is 0.158. The fourth-order valence-electron chi connectivity index (χ4n) is 2.53. The highest BCUT2D eigenvalue weighted by Crippen LogP contribution is 2.34. The molecule has 0 aliphatic carbocycles. The van der Waals surface area contributed by atoms with Crippen molar-refractivity contribution in [2.24, 2.45) is 0 Å². The van der Waals surface area contributed by atoms with Crippen molar-refractivity contribution in [1.29, 1.82) is 0 Å². The predicted molar refractivity (Wildman–Crippen MR) is 93.0 cm³/mol. The van der Waals surface area contributed by atoms with Crippen molar-refractivity contribution in [3.05, 3.63) is 65.7 Å². The molecule has 26 heavy (non-hydrogen) atoms. The Balaban J connectivity index is 2.01. The van der Waals surface area contributed by atoms with E-state index >= 15 is 0 Å². The van der Waals surface area contributed by atoms with Crippen LogP contribution in [0.4, 0.5) is 24.8 Å². The summed E-state index contributed by atoms with van der Waals surface area (Å²) in [6, 6.07) is 8.23. The molecule has 0 aliphatic heterocycles. The lowest BCUT2D eigenvalue weighted by molar-refractivity contribution is 0.339.